The molecule has 0 aliphatic rings. The van der Waals surface area contributed by atoms with Gasteiger partial charge in [-0.15, -0.1) is 0 Å². The molecule has 24 heavy (non-hydrogen) atoms. The zero-order valence-electron chi connectivity index (χ0n) is 12.8. The molecule has 0 bridgehead atoms. The minimum absolute atomic E-state index is 0.194. The second kappa shape index (κ2) is 10.5. The third-order valence-corrected chi connectivity index (χ3v) is 4.07. The highest BCUT2D eigenvalue weighted by molar-refractivity contribution is 14.1. The van der Waals surface area contributed by atoms with E-state index in [0.29, 0.717) is 19.1 Å². The van der Waals surface area contributed by atoms with Crippen LogP contribution in [0.4, 0.5) is 0 Å². The molecule has 1 unspecified atom stereocenters. The number of nitro groups is 1. The number of guanidine groups is 1. The standard InChI is InChI=1S/C14H18IN5O4/c15-12-6-2-1-4-10(12)8-13(22)18-11(9-21)5-3-7-17-14(16)19-20(23)24/h1-2,4,6,9,11H,3,5,7-8H2,(H,18,22)(H3,16,17,19). The largest absolute Gasteiger partial charge is 0.352 e. The molecule has 130 valence electrons. The van der Waals surface area contributed by atoms with Gasteiger partial charge >= 0.3 is 0 Å². The summed E-state index contributed by atoms with van der Waals surface area (Å²) >= 11 is 2.15. The van der Waals surface area contributed by atoms with Crippen molar-refractivity contribution in [3.05, 3.63) is 43.5 Å². The Hall–Kier alpha value is -2.24. The Morgan fingerprint density at radius 3 is 2.75 bits per heavy atom. The first-order chi connectivity index (χ1) is 11.4. The van der Waals surface area contributed by atoms with Gasteiger partial charge in [-0.1, -0.05) is 23.6 Å². The zero-order chi connectivity index (χ0) is 17.9. The molecule has 1 aromatic carbocycles. The van der Waals surface area contributed by atoms with E-state index in [1.54, 1.807) is 5.43 Å². The lowest BCUT2D eigenvalue weighted by Gasteiger charge is -2.13. The number of hydrazine groups is 1. The van der Waals surface area contributed by atoms with Crippen LogP contribution in [0.2, 0.25) is 0 Å². The van der Waals surface area contributed by atoms with E-state index >= 15 is 0 Å². The third-order valence-electron chi connectivity index (χ3n) is 3.02. The molecule has 0 saturated heterocycles. The summed E-state index contributed by atoms with van der Waals surface area (Å²) in [5, 5.41) is 21.6. The minimum atomic E-state index is -0.839. The van der Waals surface area contributed by atoms with E-state index in [9.17, 15) is 19.7 Å². The summed E-state index contributed by atoms with van der Waals surface area (Å²) in [6.07, 6.45) is 1.70. The number of carbonyl (C=O) groups excluding carboxylic acids is 2. The topological polar surface area (TPSA) is 137 Å². The van der Waals surface area contributed by atoms with E-state index in [0.717, 1.165) is 9.13 Å². The van der Waals surface area contributed by atoms with Gasteiger partial charge in [-0.05, 0) is 47.1 Å². The van der Waals surface area contributed by atoms with Crippen LogP contribution in [0.25, 0.3) is 0 Å². The third kappa shape index (κ3) is 7.85. The van der Waals surface area contributed by atoms with E-state index in [1.807, 2.05) is 24.3 Å². The summed E-state index contributed by atoms with van der Waals surface area (Å²) in [6.45, 7) is 0.274. The lowest BCUT2D eigenvalue weighted by Crippen LogP contribution is -2.41. The molecule has 4 N–H and O–H groups in total. The molecule has 0 spiro atoms. The molecule has 9 nitrogen and oxygen atoms in total. The average molecular weight is 447 g/mol. The number of aldehydes is 1. The van der Waals surface area contributed by atoms with E-state index in [1.165, 1.54) is 0 Å². The highest BCUT2D eigenvalue weighted by Gasteiger charge is 2.13. The first kappa shape index (κ1) is 19.8. The summed E-state index contributed by atoms with van der Waals surface area (Å²) in [6, 6.07) is 6.87. The van der Waals surface area contributed by atoms with Crippen molar-refractivity contribution in [3.63, 3.8) is 0 Å². The fourth-order valence-corrected chi connectivity index (χ4v) is 2.49. The van der Waals surface area contributed by atoms with Crippen molar-refractivity contribution in [3.8, 4) is 0 Å². The van der Waals surface area contributed by atoms with Crippen LogP contribution in [0, 0.1) is 19.1 Å². The average Bonchev–Trinajstić information content (AvgIpc) is 2.51. The van der Waals surface area contributed by atoms with Gasteiger partial charge in [-0.3, -0.25) is 10.2 Å². The zero-order valence-corrected chi connectivity index (χ0v) is 14.9. The van der Waals surface area contributed by atoms with Gasteiger partial charge < -0.3 is 15.4 Å². The van der Waals surface area contributed by atoms with E-state index in [2.05, 4.69) is 33.2 Å². The van der Waals surface area contributed by atoms with Gasteiger partial charge in [0.25, 0.3) is 5.96 Å². The molecule has 0 radical (unpaired) electrons. The predicted molar refractivity (Wildman–Crippen MR) is 96.0 cm³/mol. The summed E-state index contributed by atoms with van der Waals surface area (Å²) in [5.41, 5.74) is 2.55. The highest BCUT2D eigenvalue weighted by Crippen LogP contribution is 2.12. The fraction of sp³-hybridized carbons (Fsp3) is 0.357. The number of halogens is 1. The van der Waals surface area contributed by atoms with E-state index in [4.69, 9.17) is 5.41 Å². The fourth-order valence-electron chi connectivity index (χ4n) is 1.91. The molecule has 10 heteroatoms. The maximum Gasteiger partial charge on any atom is 0.251 e. The molecular formula is C14H18IN5O4. The highest BCUT2D eigenvalue weighted by atomic mass is 127. The molecule has 0 heterocycles. The number of rotatable bonds is 9. The quantitative estimate of drug-likeness (QED) is 0.0833. The maximum absolute atomic E-state index is 12.0. The normalized spacial score (nSPS) is 11.2. The Bertz CT molecular complexity index is 611. The summed E-state index contributed by atoms with van der Waals surface area (Å²) in [5.74, 6) is -0.669. The Kier molecular flexibility index (Phi) is 8.68. The Morgan fingerprint density at radius 1 is 1.42 bits per heavy atom. The molecule has 0 aliphatic heterocycles. The van der Waals surface area contributed by atoms with E-state index < -0.39 is 17.0 Å². The summed E-state index contributed by atoms with van der Waals surface area (Å²) in [4.78, 5) is 33.2. The van der Waals surface area contributed by atoms with Crippen molar-refractivity contribution in [2.24, 2.45) is 0 Å². The Morgan fingerprint density at radius 2 is 2.12 bits per heavy atom. The lowest BCUT2D eigenvalue weighted by atomic mass is 10.1. The van der Waals surface area contributed by atoms with Gasteiger partial charge in [0.05, 0.1) is 12.5 Å². The van der Waals surface area contributed by atoms with E-state index in [-0.39, 0.29) is 18.9 Å². The van der Waals surface area contributed by atoms with Gasteiger partial charge in [-0.2, -0.15) is 0 Å². The smallest absolute Gasteiger partial charge is 0.251 e. The minimum Gasteiger partial charge on any atom is -0.352 e. The number of hydrogen-bond acceptors (Lipinski definition) is 5. The van der Waals surface area contributed by atoms with Crippen LogP contribution >= 0.6 is 22.6 Å². The Labute approximate surface area is 152 Å². The molecule has 1 atom stereocenters. The molecule has 0 saturated carbocycles. The van der Waals surface area contributed by atoms with Gasteiger partial charge in [0.2, 0.25) is 5.91 Å². The number of nitrogens with zero attached hydrogens (tertiary/aromatic N) is 1. The summed E-state index contributed by atoms with van der Waals surface area (Å²) < 4.78 is 0.980. The second-order valence-corrected chi connectivity index (χ2v) is 6.05. The van der Waals surface area contributed by atoms with Crippen LogP contribution in [0.15, 0.2) is 24.3 Å². The van der Waals surface area contributed by atoms with Crippen molar-refractivity contribution in [1.82, 2.24) is 16.1 Å². The van der Waals surface area contributed by atoms with Crippen molar-refractivity contribution < 1.29 is 14.6 Å². The molecule has 0 aromatic heterocycles. The molecule has 0 aliphatic carbocycles. The maximum atomic E-state index is 12.0. The number of amides is 1. The van der Waals surface area contributed by atoms with Crippen molar-refractivity contribution in [2.75, 3.05) is 6.54 Å². The molecular weight excluding hydrogens is 429 g/mol. The molecule has 0 fully saturated rings. The lowest BCUT2D eigenvalue weighted by molar-refractivity contribution is -0.525. The number of nitrogens with one attached hydrogen (secondary N) is 4. The van der Waals surface area contributed by atoms with Crippen LogP contribution in [0.3, 0.4) is 0 Å². The number of carbonyl (C=O) groups is 2. The number of benzene rings is 1. The summed E-state index contributed by atoms with van der Waals surface area (Å²) in [7, 11) is 0. The SMILES string of the molecule is N=C(NCCCC(C=O)NC(=O)Cc1ccccc1I)N[N+](=O)[O-]. The molecule has 1 aromatic rings. The van der Waals surface area contributed by atoms with Crippen molar-refractivity contribution >= 4 is 40.7 Å². The Balaban J connectivity index is 2.32. The molecule has 1 amide bonds. The monoisotopic (exact) mass is 447 g/mol. The molecule has 1 rings (SSSR count). The van der Waals surface area contributed by atoms with Crippen LogP contribution < -0.4 is 16.1 Å². The first-order valence-corrected chi connectivity index (χ1v) is 8.21. The van der Waals surface area contributed by atoms with Crippen LogP contribution in [-0.4, -0.2) is 35.8 Å². The second-order valence-electron chi connectivity index (χ2n) is 4.89. The van der Waals surface area contributed by atoms with Gasteiger partial charge in [-0.25, -0.2) is 10.1 Å². The van der Waals surface area contributed by atoms with Gasteiger partial charge in [0.1, 0.15) is 6.29 Å². The van der Waals surface area contributed by atoms with Crippen molar-refractivity contribution in [1.29, 1.82) is 5.41 Å². The van der Waals surface area contributed by atoms with Crippen molar-refractivity contribution in [2.45, 2.75) is 25.3 Å². The van der Waals surface area contributed by atoms with Crippen LogP contribution in [0.5, 0.6) is 0 Å². The first-order valence-electron chi connectivity index (χ1n) is 7.14. The predicted octanol–water partition coefficient (Wildman–Crippen LogP) is 0.603. The van der Waals surface area contributed by atoms with Crippen LogP contribution in [-0.2, 0) is 16.0 Å². The van der Waals surface area contributed by atoms with Gasteiger partial charge in [0, 0.05) is 10.1 Å². The van der Waals surface area contributed by atoms with Gasteiger partial charge in [0.15, 0.2) is 5.03 Å². The number of hydrogen-bond donors (Lipinski definition) is 4. The van der Waals surface area contributed by atoms with Crippen LogP contribution in [0.1, 0.15) is 18.4 Å².